The van der Waals surface area contributed by atoms with Gasteiger partial charge in [0, 0.05) is 19.0 Å². The number of fused-ring (bicyclic) bond motifs is 2. The summed E-state index contributed by atoms with van der Waals surface area (Å²) in [7, 11) is 0. The molecule has 3 aromatic rings. The third-order valence-electron chi connectivity index (χ3n) is 6.18. The van der Waals surface area contributed by atoms with Crippen molar-refractivity contribution >= 4 is 17.0 Å². The number of hydrogen-bond donors (Lipinski definition) is 0. The molecule has 1 unspecified atom stereocenters. The summed E-state index contributed by atoms with van der Waals surface area (Å²) in [6, 6.07) is 0.222. The Labute approximate surface area is 164 Å². The van der Waals surface area contributed by atoms with E-state index in [2.05, 4.69) is 20.0 Å². The third-order valence-corrected chi connectivity index (χ3v) is 6.18. The van der Waals surface area contributed by atoms with Gasteiger partial charge in [-0.1, -0.05) is 0 Å². The minimum atomic E-state index is -0.769. The van der Waals surface area contributed by atoms with Crippen LogP contribution in [0.1, 0.15) is 6.04 Å². The van der Waals surface area contributed by atoms with Crippen LogP contribution in [-0.4, -0.2) is 57.6 Å². The van der Waals surface area contributed by atoms with Crippen LogP contribution < -0.4 is 9.64 Å². The van der Waals surface area contributed by atoms with Gasteiger partial charge < -0.3 is 14.4 Å². The summed E-state index contributed by atoms with van der Waals surface area (Å²) in [6.45, 7) is 3.27. The second-order valence-corrected chi connectivity index (χ2v) is 7.86. The number of pyridine rings is 1. The van der Waals surface area contributed by atoms with Crippen molar-refractivity contribution in [2.75, 3.05) is 37.8 Å². The van der Waals surface area contributed by atoms with Gasteiger partial charge >= 0.3 is 0 Å². The van der Waals surface area contributed by atoms with E-state index in [1.807, 2.05) is 4.68 Å². The third kappa shape index (κ3) is 2.73. The van der Waals surface area contributed by atoms with Crippen LogP contribution in [0.25, 0.3) is 11.2 Å². The van der Waals surface area contributed by atoms with Gasteiger partial charge in [-0.3, -0.25) is 4.98 Å². The van der Waals surface area contributed by atoms with Gasteiger partial charge in [0.25, 0.3) is 0 Å². The van der Waals surface area contributed by atoms with E-state index in [0.29, 0.717) is 37.6 Å². The number of halogens is 2. The Hall–Kier alpha value is -2.88. The number of rotatable bonds is 5. The maximum absolute atomic E-state index is 13.6. The van der Waals surface area contributed by atoms with Crippen LogP contribution in [0, 0.1) is 29.4 Å². The van der Waals surface area contributed by atoms with Crippen molar-refractivity contribution in [3.05, 3.63) is 36.4 Å². The second-order valence-electron chi connectivity index (χ2n) is 7.86. The molecule has 3 fully saturated rings. The molecule has 8 nitrogen and oxygen atoms in total. The fourth-order valence-corrected chi connectivity index (χ4v) is 4.40. The molecule has 150 valence electrons. The Morgan fingerprint density at radius 2 is 1.83 bits per heavy atom. The number of hydrogen-bond acceptors (Lipinski definition) is 7. The van der Waals surface area contributed by atoms with Gasteiger partial charge in [0.15, 0.2) is 23.0 Å². The maximum atomic E-state index is 13.6. The van der Waals surface area contributed by atoms with Gasteiger partial charge in [-0.15, -0.1) is 0 Å². The van der Waals surface area contributed by atoms with Crippen LogP contribution in [0.2, 0.25) is 0 Å². The maximum Gasteiger partial charge on any atom is 0.193 e. The first-order valence-corrected chi connectivity index (χ1v) is 9.64. The molecule has 6 rings (SSSR count). The second kappa shape index (κ2) is 6.31. The molecule has 5 heterocycles. The number of anilines is 1. The van der Waals surface area contributed by atoms with Crippen molar-refractivity contribution in [1.29, 1.82) is 0 Å². The molecule has 0 radical (unpaired) electrons. The van der Waals surface area contributed by atoms with Crippen LogP contribution in [0.3, 0.4) is 0 Å². The zero-order chi connectivity index (χ0) is 19.5. The molecule has 2 aliphatic heterocycles. The van der Waals surface area contributed by atoms with Crippen LogP contribution in [0.5, 0.6) is 5.75 Å². The van der Waals surface area contributed by atoms with E-state index in [1.54, 1.807) is 12.4 Å². The predicted molar refractivity (Wildman–Crippen MR) is 97.5 cm³/mol. The van der Waals surface area contributed by atoms with E-state index < -0.39 is 11.6 Å². The highest BCUT2D eigenvalue weighted by molar-refractivity contribution is 5.71. The standard InChI is InChI=1S/C19H18F2N6O2/c20-14-1-22-2-15(21)18(14)29-9-13-11-5-26(6-12(11)13)17-4-23-16-3-24-27(19(16)25-17)10-7-28-8-10/h1-4,10-13H,5-9H2/t11-,12+,13?. The van der Waals surface area contributed by atoms with Crippen molar-refractivity contribution in [2.45, 2.75) is 6.04 Å². The molecule has 3 atom stereocenters. The van der Waals surface area contributed by atoms with Gasteiger partial charge in [0.05, 0.1) is 44.6 Å². The molecular formula is C19H18F2N6O2. The topological polar surface area (TPSA) is 78.2 Å². The molecule has 10 heteroatoms. The molecule has 1 saturated carbocycles. The fourth-order valence-electron chi connectivity index (χ4n) is 4.40. The minimum Gasteiger partial charge on any atom is -0.487 e. The van der Waals surface area contributed by atoms with Crippen molar-refractivity contribution < 1.29 is 18.3 Å². The first-order chi connectivity index (χ1) is 14.2. The Bertz CT molecular complexity index is 1060. The van der Waals surface area contributed by atoms with E-state index in [1.165, 1.54) is 0 Å². The Morgan fingerprint density at radius 3 is 2.52 bits per heavy atom. The molecular weight excluding hydrogens is 382 g/mol. The lowest BCUT2D eigenvalue weighted by molar-refractivity contribution is -0.0269. The SMILES string of the molecule is Fc1cncc(F)c1OCC1[C@H]2CN(c3cnc4cnn(C5COC5)c4n3)C[C@@H]12. The number of aromatic nitrogens is 5. The van der Waals surface area contributed by atoms with E-state index in [-0.39, 0.29) is 11.8 Å². The van der Waals surface area contributed by atoms with E-state index >= 15 is 0 Å². The van der Waals surface area contributed by atoms with Crippen molar-refractivity contribution in [3.63, 3.8) is 0 Å². The molecule has 0 amide bonds. The van der Waals surface area contributed by atoms with Crippen molar-refractivity contribution in [1.82, 2.24) is 24.7 Å². The van der Waals surface area contributed by atoms with E-state index in [0.717, 1.165) is 42.5 Å². The Balaban J connectivity index is 1.12. The highest BCUT2D eigenvalue weighted by atomic mass is 19.1. The molecule has 29 heavy (non-hydrogen) atoms. The number of piperidine rings is 1. The lowest BCUT2D eigenvalue weighted by atomic mass is 10.2. The van der Waals surface area contributed by atoms with Gasteiger partial charge in [-0.05, 0) is 11.8 Å². The average Bonchev–Trinajstić information content (AvgIpc) is 3.02. The summed E-state index contributed by atoms with van der Waals surface area (Å²) in [4.78, 5) is 15.0. The van der Waals surface area contributed by atoms with Crippen LogP contribution in [0.4, 0.5) is 14.6 Å². The minimum absolute atomic E-state index is 0.222. The normalized spacial score (nSPS) is 25.9. The van der Waals surface area contributed by atoms with Crippen molar-refractivity contribution in [3.8, 4) is 5.75 Å². The lowest BCUT2D eigenvalue weighted by Crippen LogP contribution is -2.31. The first-order valence-electron chi connectivity index (χ1n) is 9.64. The fraction of sp³-hybridized carbons (Fsp3) is 0.474. The summed E-state index contributed by atoms with van der Waals surface area (Å²) < 4.78 is 39.9. The van der Waals surface area contributed by atoms with Gasteiger partial charge in [-0.2, -0.15) is 5.10 Å². The molecule has 1 aliphatic carbocycles. The van der Waals surface area contributed by atoms with Gasteiger partial charge in [0.1, 0.15) is 17.4 Å². The number of ether oxygens (including phenoxy) is 2. The number of nitrogens with zero attached hydrogens (tertiary/aromatic N) is 6. The molecule has 0 bridgehead atoms. The van der Waals surface area contributed by atoms with E-state index in [9.17, 15) is 8.78 Å². The molecule has 2 saturated heterocycles. The van der Waals surface area contributed by atoms with Crippen LogP contribution >= 0.6 is 0 Å². The van der Waals surface area contributed by atoms with Gasteiger partial charge in [0.2, 0.25) is 0 Å². The van der Waals surface area contributed by atoms with Gasteiger partial charge in [-0.25, -0.2) is 23.4 Å². The molecule has 0 spiro atoms. The summed E-state index contributed by atoms with van der Waals surface area (Å²) in [5, 5.41) is 4.40. The Morgan fingerprint density at radius 1 is 1.07 bits per heavy atom. The molecule has 3 aromatic heterocycles. The quantitative estimate of drug-likeness (QED) is 0.647. The zero-order valence-corrected chi connectivity index (χ0v) is 15.4. The highest BCUT2D eigenvalue weighted by Crippen LogP contribution is 2.52. The lowest BCUT2D eigenvalue weighted by Gasteiger charge is -2.26. The molecule has 3 aliphatic rings. The highest BCUT2D eigenvalue weighted by Gasteiger charge is 2.56. The largest absolute Gasteiger partial charge is 0.487 e. The summed E-state index contributed by atoms with van der Waals surface area (Å²) in [5.74, 6) is 0.122. The Kier molecular flexibility index (Phi) is 3.70. The van der Waals surface area contributed by atoms with Crippen molar-refractivity contribution in [2.24, 2.45) is 17.8 Å². The van der Waals surface area contributed by atoms with Crippen LogP contribution in [-0.2, 0) is 4.74 Å². The predicted octanol–water partition coefficient (Wildman–Crippen LogP) is 1.83. The smallest absolute Gasteiger partial charge is 0.193 e. The zero-order valence-electron chi connectivity index (χ0n) is 15.4. The first kappa shape index (κ1) is 17.0. The monoisotopic (exact) mass is 400 g/mol. The molecule has 0 N–H and O–H groups in total. The van der Waals surface area contributed by atoms with E-state index in [4.69, 9.17) is 14.5 Å². The summed E-state index contributed by atoms with van der Waals surface area (Å²) in [5.41, 5.74) is 1.55. The van der Waals surface area contributed by atoms with Crippen LogP contribution in [0.15, 0.2) is 24.8 Å². The summed E-state index contributed by atoms with van der Waals surface area (Å²) >= 11 is 0. The average molecular weight is 400 g/mol. The molecule has 0 aromatic carbocycles. The summed E-state index contributed by atoms with van der Waals surface area (Å²) in [6.07, 6.45) is 5.44.